The molecule has 0 atom stereocenters. The van der Waals surface area contributed by atoms with Crippen molar-refractivity contribution in [3.63, 3.8) is 0 Å². The third-order valence-corrected chi connectivity index (χ3v) is 9.23. The lowest BCUT2D eigenvalue weighted by molar-refractivity contribution is -0.274. The Kier molecular flexibility index (Phi) is 9.49. The van der Waals surface area contributed by atoms with Crippen LogP contribution in [0.4, 0.5) is 30.4 Å². The largest absolute Gasteiger partial charge is 0.573 e. The molecule has 1 amide bonds. The standard InChI is InChI=1S/C32H30ClF3N4O5S2/c1-18(2)44-25-14-21(15-26(17-25)45-32(34,35)36)31(3,4)20-12-22(33)16-23(13-20)37-30(41)28-11-19-10-24(6-7-27(19)46-28)40(47(42)43)29-8-9-39(5)38-29/h6-18,47H,1-5H3,(H,37,41). The lowest BCUT2D eigenvalue weighted by atomic mass is 9.78. The first kappa shape index (κ1) is 34.1. The Morgan fingerprint density at radius 3 is 2.34 bits per heavy atom. The van der Waals surface area contributed by atoms with Gasteiger partial charge in [-0.15, -0.1) is 24.5 Å². The van der Waals surface area contributed by atoms with Crippen molar-refractivity contribution in [2.24, 2.45) is 7.05 Å². The smallest absolute Gasteiger partial charge is 0.491 e. The summed E-state index contributed by atoms with van der Waals surface area (Å²) in [6.45, 7) is 7.14. The van der Waals surface area contributed by atoms with Crippen LogP contribution in [0.15, 0.2) is 72.9 Å². The summed E-state index contributed by atoms with van der Waals surface area (Å²) in [5.74, 6) is -0.409. The molecule has 2 heterocycles. The monoisotopic (exact) mass is 706 g/mol. The fourth-order valence-electron chi connectivity index (χ4n) is 4.95. The second-order valence-corrected chi connectivity index (χ2v) is 13.8. The van der Waals surface area contributed by atoms with E-state index < -0.39 is 34.3 Å². The van der Waals surface area contributed by atoms with Crippen molar-refractivity contribution in [2.75, 3.05) is 9.62 Å². The van der Waals surface area contributed by atoms with Crippen LogP contribution in [0.3, 0.4) is 0 Å². The Balaban J connectivity index is 1.43. The molecule has 0 radical (unpaired) electrons. The third kappa shape index (κ3) is 8.00. The average molecular weight is 707 g/mol. The molecule has 0 aliphatic heterocycles. The van der Waals surface area contributed by atoms with E-state index in [9.17, 15) is 26.4 Å². The van der Waals surface area contributed by atoms with Gasteiger partial charge in [0.25, 0.3) is 5.91 Å². The van der Waals surface area contributed by atoms with E-state index in [0.717, 1.165) is 9.01 Å². The molecule has 3 aromatic carbocycles. The molecule has 248 valence electrons. The van der Waals surface area contributed by atoms with Gasteiger partial charge in [-0.3, -0.25) is 9.48 Å². The molecular formula is C32H30ClF3N4O5S2. The molecule has 0 saturated carbocycles. The van der Waals surface area contributed by atoms with Crippen molar-refractivity contribution in [1.29, 1.82) is 0 Å². The highest BCUT2D eigenvalue weighted by Gasteiger charge is 2.33. The maximum atomic E-state index is 13.4. The van der Waals surface area contributed by atoms with Crippen LogP contribution >= 0.6 is 22.9 Å². The van der Waals surface area contributed by atoms with Crippen molar-refractivity contribution < 1.29 is 35.9 Å². The lowest BCUT2D eigenvalue weighted by Crippen LogP contribution is -2.22. The van der Waals surface area contributed by atoms with Gasteiger partial charge in [-0.25, -0.2) is 12.7 Å². The van der Waals surface area contributed by atoms with Gasteiger partial charge in [0.1, 0.15) is 11.5 Å². The van der Waals surface area contributed by atoms with E-state index in [1.165, 1.54) is 28.2 Å². The van der Waals surface area contributed by atoms with E-state index in [1.54, 1.807) is 81.7 Å². The van der Waals surface area contributed by atoms with Crippen LogP contribution in [-0.4, -0.2) is 36.6 Å². The molecule has 0 aliphatic carbocycles. The summed E-state index contributed by atoms with van der Waals surface area (Å²) in [6, 6.07) is 17.3. The minimum absolute atomic E-state index is 0.207. The Morgan fingerprint density at radius 1 is 1.00 bits per heavy atom. The number of anilines is 3. The number of thiophene rings is 1. The maximum absolute atomic E-state index is 13.4. The predicted octanol–water partition coefficient (Wildman–Crippen LogP) is 8.22. The van der Waals surface area contributed by atoms with E-state index in [2.05, 4.69) is 15.2 Å². The molecule has 1 N–H and O–H groups in total. The van der Waals surface area contributed by atoms with Gasteiger partial charge in [-0.2, -0.15) is 5.10 Å². The summed E-state index contributed by atoms with van der Waals surface area (Å²) in [5, 5.41) is 8.00. The number of fused-ring (bicyclic) bond motifs is 1. The number of alkyl halides is 3. The molecule has 0 aliphatic rings. The number of aromatic nitrogens is 2. The summed E-state index contributed by atoms with van der Waals surface area (Å²) >= 11 is 7.70. The molecule has 0 saturated heterocycles. The Morgan fingerprint density at radius 2 is 1.70 bits per heavy atom. The minimum atomic E-state index is -4.90. The van der Waals surface area contributed by atoms with E-state index in [0.29, 0.717) is 37.8 Å². The summed E-state index contributed by atoms with van der Waals surface area (Å²) in [4.78, 5) is 13.8. The number of hydrogen-bond acceptors (Lipinski definition) is 7. The van der Waals surface area contributed by atoms with Crippen molar-refractivity contribution in [3.05, 3.63) is 94.0 Å². The molecule has 0 unspecified atom stereocenters. The minimum Gasteiger partial charge on any atom is -0.491 e. The average Bonchev–Trinajstić information content (AvgIpc) is 3.57. The van der Waals surface area contributed by atoms with E-state index in [1.807, 2.05) is 13.8 Å². The number of hydrogen-bond donors (Lipinski definition) is 2. The van der Waals surface area contributed by atoms with Gasteiger partial charge >= 0.3 is 6.36 Å². The number of carbonyl (C=O) groups excluding carboxylic acids is 1. The number of nitrogens with zero attached hydrogens (tertiary/aromatic N) is 3. The van der Waals surface area contributed by atoms with E-state index in [-0.39, 0.29) is 17.7 Å². The Bertz CT molecular complexity index is 2030. The Labute approximate surface area is 279 Å². The summed E-state index contributed by atoms with van der Waals surface area (Å²) in [7, 11) is -1.36. The number of halogens is 4. The quantitative estimate of drug-likeness (QED) is 0.142. The summed E-state index contributed by atoms with van der Waals surface area (Å²) < 4.78 is 76.8. The van der Waals surface area contributed by atoms with Gasteiger partial charge in [0.15, 0.2) is 5.82 Å². The van der Waals surface area contributed by atoms with Crippen molar-refractivity contribution >= 4 is 67.0 Å². The molecule has 15 heteroatoms. The zero-order chi connectivity index (χ0) is 34.3. The number of rotatable bonds is 10. The molecule has 5 aromatic rings. The third-order valence-electron chi connectivity index (χ3n) is 7.13. The first-order valence-corrected chi connectivity index (χ1v) is 16.5. The fraction of sp³-hybridized carbons (Fsp3) is 0.250. The van der Waals surface area contributed by atoms with Crippen LogP contribution in [0, 0.1) is 0 Å². The number of amides is 1. The SMILES string of the molecule is CC(C)Oc1cc(OC(F)(F)F)cc(C(C)(C)c2cc(Cl)cc(NC(=O)c3cc4cc(N(c5ccn(C)n5)[SH](=O)=O)ccc4s3)c2)c1. The Hall–Kier alpha value is -4.27. The normalized spacial score (nSPS) is 12.1. The highest BCUT2D eigenvalue weighted by molar-refractivity contribution is 7.74. The van der Waals surface area contributed by atoms with Crippen molar-refractivity contribution in [3.8, 4) is 11.5 Å². The van der Waals surface area contributed by atoms with E-state index in [4.69, 9.17) is 16.3 Å². The molecule has 5 rings (SSSR count). The number of aryl methyl sites for hydroxylation is 1. The van der Waals surface area contributed by atoms with Crippen LogP contribution < -0.4 is 19.1 Å². The van der Waals surface area contributed by atoms with Crippen LogP contribution in [0.25, 0.3) is 10.1 Å². The van der Waals surface area contributed by atoms with Gasteiger partial charge in [0, 0.05) is 46.2 Å². The molecule has 47 heavy (non-hydrogen) atoms. The highest BCUT2D eigenvalue weighted by Crippen LogP contribution is 2.40. The molecule has 9 nitrogen and oxygen atoms in total. The first-order valence-electron chi connectivity index (χ1n) is 14.2. The topological polar surface area (TPSA) is 103 Å². The number of benzene rings is 3. The molecule has 0 spiro atoms. The van der Waals surface area contributed by atoms with Gasteiger partial charge < -0.3 is 14.8 Å². The number of thiol groups is 1. The fourth-order valence-corrected chi connectivity index (χ4v) is 6.71. The zero-order valence-electron chi connectivity index (χ0n) is 25.8. The summed E-state index contributed by atoms with van der Waals surface area (Å²) in [5.41, 5.74) is 0.914. The predicted molar refractivity (Wildman–Crippen MR) is 178 cm³/mol. The lowest BCUT2D eigenvalue weighted by Gasteiger charge is -2.28. The van der Waals surface area contributed by atoms with Gasteiger partial charge in [0.2, 0.25) is 10.9 Å². The molecule has 0 fully saturated rings. The summed E-state index contributed by atoms with van der Waals surface area (Å²) in [6.07, 6.45) is -3.56. The number of ether oxygens (including phenoxy) is 2. The second-order valence-electron chi connectivity index (χ2n) is 11.4. The van der Waals surface area contributed by atoms with Gasteiger partial charge in [-0.1, -0.05) is 25.4 Å². The van der Waals surface area contributed by atoms with E-state index >= 15 is 0 Å². The number of nitrogens with one attached hydrogen (secondary N) is 1. The van der Waals surface area contributed by atoms with Crippen LogP contribution in [0.2, 0.25) is 5.02 Å². The van der Waals surface area contributed by atoms with Crippen LogP contribution in [0.1, 0.15) is 48.5 Å². The first-order chi connectivity index (χ1) is 22.0. The van der Waals surface area contributed by atoms with Gasteiger partial charge in [0.05, 0.1) is 16.7 Å². The van der Waals surface area contributed by atoms with Gasteiger partial charge in [-0.05, 0) is 85.0 Å². The van der Waals surface area contributed by atoms with Crippen molar-refractivity contribution in [1.82, 2.24) is 9.78 Å². The van der Waals surface area contributed by atoms with Crippen LogP contribution in [-0.2, 0) is 23.4 Å². The zero-order valence-corrected chi connectivity index (χ0v) is 28.2. The maximum Gasteiger partial charge on any atom is 0.573 e. The molecular weight excluding hydrogens is 677 g/mol. The highest BCUT2D eigenvalue weighted by atomic mass is 35.5. The molecule has 0 bridgehead atoms. The van der Waals surface area contributed by atoms with Crippen molar-refractivity contribution in [2.45, 2.75) is 45.6 Å². The van der Waals surface area contributed by atoms with Crippen LogP contribution in [0.5, 0.6) is 11.5 Å². The second kappa shape index (κ2) is 13.1. The molecule has 2 aromatic heterocycles. The number of carbonyl (C=O) groups is 1.